The maximum atomic E-state index is 2.51. The van der Waals surface area contributed by atoms with Crippen molar-refractivity contribution in [1.82, 2.24) is 0 Å². The molecule has 0 aliphatic heterocycles. The van der Waals surface area contributed by atoms with Gasteiger partial charge in [-0.2, -0.15) is 0 Å². The lowest BCUT2D eigenvalue weighted by Crippen LogP contribution is -2.22. The van der Waals surface area contributed by atoms with Crippen molar-refractivity contribution in [3.8, 4) is 0 Å². The summed E-state index contributed by atoms with van der Waals surface area (Å²) in [6, 6.07) is 0. The molecule has 0 radical (unpaired) electrons. The number of hydrogen-bond acceptors (Lipinski definition) is 0. The molecule has 5 aliphatic rings. The van der Waals surface area contributed by atoms with Crippen LogP contribution in [0.4, 0.5) is 0 Å². The first-order valence-electron chi connectivity index (χ1n) is 22.3. The van der Waals surface area contributed by atoms with Crippen LogP contribution in [0.15, 0.2) is 0 Å². The average molecular weight is 643 g/mol. The van der Waals surface area contributed by atoms with E-state index in [9.17, 15) is 0 Å². The summed E-state index contributed by atoms with van der Waals surface area (Å²) in [7, 11) is 0. The zero-order valence-corrected chi connectivity index (χ0v) is 33.2. The van der Waals surface area contributed by atoms with E-state index >= 15 is 0 Å². The Morgan fingerprint density at radius 1 is 0.196 bits per heavy atom. The van der Waals surface area contributed by atoms with Gasteiger partial charge >= 0.3 is 0 Å². The zero-order chi connectivity index (χ0) is 33.2. The summed E-state index contributed by atoms with van der Waals surface area (Å²) < 4.78 is 0. The first-order valence-corrected chi connectivity index (χ1v) is 22.3. The summed E-state index contributed by atoms with van der Waals surface area (Å²) in [6.07, 6.45) is 47.9. The molecule has 274 valence electrons. The molecule has 3 atom stereocenters. The van der Waals surface area contributed by atoms with Crippen LogP contribution >= 0.6 is 0 Å². The van der Waals surface area contributed by atoms with E-state index in [1.54, 1.807) is 12.8 Å². The Balaban J connectivity index is 0.000000226. The minimum atomic E-state index is 0.989. The molecule has 5 saturated carbocycles. The molecule has 0 amide bonds. The van der Waals surface area contributed by atoms with Gasteiger partial charge in [-0.15, -0.1) is 0 Å². The molecule has 0 saturated heterocycles. The van der Waals surface area contributed by atoms with Crippen molar-refractivity contribution >= 4 is 0 Å². The van der Waals surface area contributed by atoms with Crippen LogP contribution in [0.5, 0.6) is 0 Å². The normalized spacial score (nSPS) is 32.3. The third-order valence-corrected chi connectivity index (χ3v) is 13.3. The minimum Gasteiger partial charge on any atom is -0.0625 e. The minimum absolute atomic E-state index is 0.989. The van der Waals surface area contributed by atoms with E-state index < -0.39 is 0 Å². The fraction of sp³-hybridized carbons (Fsp3) is 1.00. The first kappa shape index (κ1) is 42.2. The molecule has 0 N–H and O–H groups in total. The molecule has 5 rings (SSSR count). The molecule has 3 unspecified atom stereocenters. The van der Waals surface area contributed by atoms with E-state index in [0.717, 1.165) is 47.3 Å². The molecule has 46 heavy (non-hydrogen) atoms. The molecule has 0 aromatic rings. The van der Waals surface area contributed by atoms with Gasteiger partial charge in [0.15, 0.2) is 0 Å². The molecular formula is C46H90. The Morgan fingerprint density at radius 2 is 0.457 bits per heavy atom. The Kier molecular flexibility index (Phi) is 25.5. The second-order valence-electron chi connectivity index (χ2n) is 18.4. The van der Waals surface area contributed by atoms with Crippen molar-refractivity contribution in [2.45, 2.75) is 247 Å². The quantitative estimate of drug-likeness (QED) is 0.267. The molecule has 5 aliphatic carbocycles. The Morgan fingerprint density at radius 3 is 0.848 bits per heavy atom. The maximum absolute atomic E-state index is 2.51. The highest BCUT2D eigenvalue weighted by Gasteiger charge is 2.26. The Hall–Kier alpha value is 0. The molecule has 0 spiro atoms. The average Bonchev–Trinajstić information content (AvgIpc) is 2.97. The van der Waals surface area contributed by atoms with Gasteiger partial charge in [0, 0.05) is 0 Å². The lowest BCUT2D eigenvalue weighted by Gasteiger charge is -2.33. The van der Waals surface area contributed by atoms with Gasteiger partial charge in [-0.25, -0.2) is 0 Å². The highest BCUT2D eigenvalue weighted by atomic mass is 14.3. The van der Waals surface area contributed by atoms with Crippen LogP contribution in [0.1, 0.15) is 247 Å². The standard InChI is InChI=1S/C18H34.C10H20.2C9H18/c1-15-10-11-16(2)14-18(13-12-15)17-8-6-4-3-5-7-9-17;1-9-5-3-7-10(2)8-4-6-9;2*1-9-7-5-3-2-4-6-8-9/h15-18H,3-14H2,1-2H3;9-10H,3-8H2,1-2H3;2*9H,2-8H2,1H3. The molecule has 0 heteroatoms. The van der Waals surface area contributed by atoms with Crippen LogP contribution in [-0.4, -0.2) is 0 Å². The van der Waals surface area contributed by atoms with Crippen LogP contribution in [0.3, 0.4) is 0 Å². The van der Waals surface area contributed by atoms with Gasteiger partial charge in [0.2, 0.25) is 0 Å². The molecule has 0 bridgehead atoms. The van der Waals surface area contributed by atoms with Crippen LogP contribution in [0, 0.1) is 47.3 Å². The third kappa shape index (κ3) is 22.6. The van der Waals surface area contributed by atoms with Crippen LogP contribution < -0.4 is 0 Å². The van der Waals surface area contributed by atoms with Crippen molar-refractivity contribution in [1.29, 1.82) is 0 Å². The van der Waals surface area contributed by atoms with Crippen molar-refractivity contribution in [3.05, 3.63) is 0 Å². The molecular weight excluding hydrogens is 553 g/mol. The van der Waals surface area contributed by atoms with Crippen LogP contribution in [0.2, 0.25) is 0 Å². The second kappa shape index (κ2) is 27.8. The molecule has 5 fully saturated rings. The van der Waals surface area contributed by atoms with Gasteiger partial charge in [0.1, 0.15) is 0 Å². The van der Waals surface area contributed by atoms with E-state index in [0.29, 0.717) is 0 Å². The topological polar surface area (TPSA) is 0 Å². The third-order valence-electron chi connectivity index (χ3n) is 13.3. The predicted octanol–water partition coefficient (Wildman–Crippen LogP) is 16.5. The molecule has 0 nitrogen and oxygen atoms in total. The zero-order valence-electron chi connectivity index (χ0n) is 33.2. The summed E-state index contributed by atoms with van der Waals surface area (Å²) in [5, 5.41) is 0. The van der Waals surface area contributed by atoms with Gasteiger partial charge in [-0.1, -0.05) is 234 Å². The predicted molar refractivity (Wildman–Crippen MR) is 210 cm³/mol. The first-order chi connectivity index (χ1) is 22.3. The van der Waals surface area contributed by atoms with Gasteiger partial charge < -0.3 is 0 Å². The van der Waals surface area contributed by atoms with Gasteiger partial charge in [-0.3, -0.25) is 0 Å². The highest BCUT2D eigenvalue weighted by Crippen LogP contribution is 2.38. The van der Waals surface area contributed by atoms with E-state index in [-0.39, 0.29) is 0 Å². The smallest absolute Gasteiger partial charge is 0.0383 e. The molecule has 0 aromatic carbocycles. The van der Waals surface area contributed by atoms with E-state index in [1.165, 1.54) is 193 Å². The highest BCUT2D eigenvalue weighted by molar-refractivity contribution is 4.77. The van der Waals surface area contributed by atoms with Crippen molar-refractivity contribution < 1.29 is 0 Å². The van der Waals surface area contributed by atoms with E-state index in [2.05, 4.69) is 41.5 Å². The lowest BCUT2D eigenvalue weighted by molar-refractivity contribution is 0.180. The summed E-state index contributed by atoms with van der Waals surface area (Å²) in [6.45, 7) is 14.6. The van der Waals surface area contributed by atoms with Crippen molar-refractivity contribution in [3.63, 3.8) is 0 Å². The van der Waals surface area contributed by atoms with Crippen molar-refractivity contribution in [2.75, 3.05) is 0 Å². The van der Waals surface area contributed by atoms with E-state index in [4.69, 9.17) is 0 Å². The van der Waals surface area contributed by atoms with Crippen molar-refractivity contribution in [2.24, 2.45) is 47.3 Å². The van der Waals surface area contributed by atoms with Gasteiger partial charge in [0.25, 0.3) is 0 Å². The molecule has 0 aromatic heterocycles. The maximum Gasteiger partial charge on any atom is -0.0383 e. The SMILES string of the molecule is CC1CCC(C)CC(C2CCCCCCC2)CC1.CC1CCCC(C)CCC1.CC1CCCCCCC1.CC1CCCCCCC1. The molecule has 0 heterocycles. The fourth-order valence-corrected chi connectivity index (χ4v) is 9.59. The summed E-state index contributed by atoms with van der Waals surface area (Å²) in [5.41, 5.74) is 0. The Bertz CT molecular complexity index is 586. The second-order valence-corrected chi connectivity index (χ2v) is 18.4. The van der Waals surface area contributed by atoms with Gasteiger partial charge in [0.05, 0.1) is 0 Å². The largest absolute Gasteiger partial charge is 0.0625 e. The lowest BCUT2D eigenvalue weighted by atomic mass is 9.72. The van der Waals surface area contributed by atoms with E-state index in [1.807, 2.05) is 0 Å². The van der Waals surface area contributed by atoms with Gasteiger partial charge in [-0.05, 0) is 60.2 Å². The Labute approximate surface area is 293 Å². The summed E-state index contributed by atoms with van der Waals surface area (Å²) in [5.74, 6) is 8.18. The van der Waals surface area contributed by atoms with Crippen LogP contribution in [-0.2, 0) is 0 Å². The monoisotopic (exact) mass is 643 g/mol. The number of rotatable bonds is 1. The number of hydrogen-bond donors (Lipinski definition) is 0. The summed E-state index contributed by atoms with van der Waals surface area (Å²) in [4.78, 5) is 0. The van der Waals surface area contributed by atoms with Crippen LogP contribution in [0.25, 0.3) is 0 Å². The summed E-state index contributed by atoms with van der Waals surface area (Å²) >= 11 is 0. The fourth-order valence-electron chi connectivity index (χ4n) is 9.59.